The van der Waals surface area contributed by atoms with Crippen LogP contribution in [0.3, 0.4) is 0 Å². The van der Waals surface area contributed by atoms with Crippen LogP contribution in [0.2, 0.25) is 0 Å². The molecule has 112 valence electrons. The van der Waals surface area contributed by atoms with E-state index in [9.17, 15) is 4.39 Å². The van der Waals surface area contributed by atoms with Gasteiger partial charge in [-0.05, 0) is 48.1 Å². The second-order valence-corrected chi connectivity index (χ2v) is 6.04. The summed E-state index contributed by atoms with van der Waals surface area (Å²) in [5.74, 6) is 0.439. The maximum absolute atomic E-state index is 13.4. The normalized spacial score (nSPS) is 12.6. The Morgan fingerprint density at radius 1 is 1.05 bits per heavy atom. The van der Waals surface area contributed by atoms with Crippen molar-refractivity contribution in [1.82, 2.24) is 5.32 Å². The fraction of sp³-hybridized carbons (Fsp3) is 0.368. The lowest BCUT2D eigenvalue weighted by molar-refractivity contribution is 0.428. The van der Waals surface area contributed by atoms with Crippen LogP contribution in [0, 0.1) is 18.7 Å². The molecule has 0 amide bonds. The van der Waals surface area contributed by atoms with Crippen LogP contribution in [0.5, 0.6) is 0 Å². The number of benzene rings is 2. The molecule has 21 heavy (non-hydrogen) atoms. The molecule has 0 saturated heterocycles. The molecule has 2 aromatic carbocycles. The molecule has 1 N–H and O–H groups in total. The van der Waals surface area contributed by atoms with Gasteiger partial charge in [0.05, 0.1) is 0 Å². The highest BCUT2D eigenvalue weighted by molar-refractivity contribution is 5.27. The lowest BCUT2D eigenvalue weighted by Crippen LogP contribution is -2.23. The smallest absolute Gasteiger partial charge is 0.123 e. The van der Waals surface area contributed by atoms with Crippen molar-refractivity contribution in [3.63, 3.8) is 0 Å². The van der Waals surface area contributed by atoms with E-state index < -0.39 is 0 Å². The molecule has 2 heteroatoms. The van der Waals surface area contributed by atoms with E-state index in [1.54, 1.807) is 6.07 Å². The predicted molar refractivity (Wildman–Crippen MR) is 86.6 cm³/mol. The van der Waals surface area contributed by atoms with E-state index in [-0.39, 0.29) is 5.82 Å². The number of halogens is 1. The zero-order valence-corrected chi connectivity index (χ0v) is 13.1. The largest absolute Gasteiger partial charge is 0.306 e. The third-order valence-corrected chi connectivity index (χ3v) is 3.76. The van der Waals surface area contributed by atoms with Crippen molar-refractivity contribution in [2.75, 3.05) is 0 Å². The fourth-order valence-electron chi connectivity index (χ4n) is 2.56. The molecule has 0 radical (unpaired) electrons. The Balaban J connectivity index is 2.10. The Kier molecular flexibility index (Phi) is 5.51. The lowest BCUT2D eigenvalue weighted by Gasteiger charge is -2.22. The van der Waals surface area contributed by atoms with Crippen LogP contribution in [0.1, 0.15) is 43.0 Å². The third-order valence-electron chi connectivity index (χ3n) is 3.76. The minimum absolute atomic E-state index is 0.169. The molecule has 1 unspecified atom stereocenters. The summed E-state index contributed by atoms with van der Waals surface area (Å²) in [5, 5.41) is 3.59. The van der Waals surface area contributed by atoms with Gasteiger partial charge in [0.2, 0.25) is 0 Å². The minimum atomic E-state index is -0.169. The first-order valence-corrected chi connectivity index (χ1v) is 7.59. The first kappa shape index (κ1) is 15.7. The van der Waals surface area contributed by atoms with Crippen LogP contribution in [-0.4, -0.2) is 0 Å². The van der Waals surface area contributed by atoms with Crippen LogP contribution < -0.4 is 5.32 Å². The maximum atomic E-state index is 13.4. The number of nitrogens with one attached hydrogen (secondary N) is 1. The van der Waals surface area contributed by atoms with Gasteiger partial charge in [-0.15, -0.1) is 0 Å². The lowest BCUT2D eigenvalue weighted by atomic mass is 9.96. The van der Waals surface area contributed by atoms with Crippen molar-refractivity contribution >= 4 is 0 Å². The van der Waals surface area contributed by atoms with Crippen molar-refractivity contribution < 1.29 is 4.39 Å². The van der Waals surface area contributed by atoms with Gasteiger partial charge < -0.3 is 5.32 Å². The van der Waals surface area contributed by atoms with Gasteiger partial charge in [0, 0.05) is 12.6 Å². The Morgan fingerprint density at radius 3 is 2.43 bits per heavy atom. The Morgan fingerprint density at radius 2 is 1.76 bits per heavy atom. The van der Waals surface area contributed by atoms with Gasteiger partial charge in [-0.25, -0.2) is 4.39 Å². The molecule has 0 heterocycles. The summed E-state index contributed by atoms with van der Waals surface area (Å²) in [7, 11) is 0. The molecule has 0 aromatic heterocycles. The van der Waals surface area contributed by atoms with Gasteiger partial charge in [-0.3, -0.25) is 0 Å². The van der Waals surface area contributed by atoms with Gasteiger partial charge in [-0.2, -0.15) is 0 Å². The van der Waals surface area contributed by atoms with Crippen molar-refractivity contribution in [1.29, 1.82) is 0 Å². The molecule has 1 atom stereocenters. The Hall–Kier alpha value is -1.67. The van der Waals surface area contributed by atoms with Gasteiger partial charge in [-0.1, -0.05) is 50.2 Å². The first-order valence-electron chi connectivity index (χ1n) is 7.59. The molecule has 0 spiro atoms. The number of hydrogen-bond acceptors (Lipinski definition) is 1. The van der Waals surface area contributed by atoms with Gasteiger partial charge in [0.1, 0.15) is 5.82 Å². The van der Waals surface area contributed by atoms with Gasteiger partial charge in [0.25, 0.3) is 0 Å². The predicted octanol–water partition coefficient (Wildman–Crippen LogP) is 5.01. The molecule has 0 aliphatic heterocycles. The van der Waals surface area contributed by atoms with Crippen molar-refractivity contribution in [2.24, 2.45) is 5.92 Å². The van der Waals surface area contributed by atoms with Crippen LogP contribution >= 0.6 is 0 Å². The Labute approximate surface area is 127 Å². The maximum Gasteiger partial charge on any atom is 0.123 e. The average molecular weight is 285 g/mol. The summed E-state index contributed by atoms with van der Waals surface area (Å²) < 4.78 is 13.4. The van der Waals surface area contributed by atoms with Crippen molar-refractivity contribution in [2.45, 2.75) is 39.8 Å². The zero-order chi connectivity index (χ0) is 15.2. The topological polar surface area (TPSA) is 12.0 Å². The minimum Gasteiger partial charge on any atom is -0.306 e. The van der Waals surface area contributed by atoms with Gasteiger partial charge in [0.15, 0.2) is 0 Å². The van der Waals surface area contributed by atoms with Crippen molar-refractivity contribution in [3.05, 3.63) is 71.0 Å². The molecule has 1 nitrogen and oxygen atoms in total. The third kappa shape index (κ3) is 4.68. The molecule has 2 aromatic rings. The summed E-state index contributed by atoms with van der Waals surface area (Å²) in [4.78, 5) is 0. The second kappa shape index (κ2) is 7.37. The monoisotopic (exact) mass is 285 g/mol. The standard InChI is InChI=1S/C19H24FN/c1-14(2)11-19(16-7-5-4-6-8-16)21-13-17-12-18(20)10-9-15(17)3/h4-10,12,14,19,21H,11,13H2,1-3H3. The summed E-state index contributed by atoms with van der Waals surface area (Å²) in [6, 6.07) is 15.8. The number of rotatable bonds is 6. The highest BCUT2D eigenvalue weighted by Crippen LogP contribution is 2.22. The highest BCUT2D eigenvalue weighted by Gasteiger charge is 2.13. The van der Waals surface area contributed by atoms with Crippen LogP contribution in [0.25, 0.3) is 0 Å². The molecular weight excluding hydrogens is 261 g/mol. The average Bonchev–Trinajstić information content (AvgIpc) is 2.47. The summed E-state index contributed by atoms with van der Waals surface area (Å²) in [6.45, 7) is 7.17. The first-order chi connectivity index (χ1) is 10.1. The van der Waals surface area contributed by atoms with E-state index in [2.05, 4.69) is 43.4 Å². The quantitative estimate of drug-likeness (QED) is 0.786. The summed E-state index contributed by atoms with van der Waals surface area (Å²) >= 11 is 0. The van der Waals surface area contributed by atoms with Crippen LogP contribution in [0.15, 0.2) is 48.5 Å². The van der Waals surface area contributed by atoms with E-state index in [4.69, 9.17) is 0 Å². The van der Waals surface area contributed by atoms with Crippen LogP contribution in [-0.2, 0) is 6.54 Å². The SMILES string of the molecule is Cc1ccc(F)cc1CNC(CC(C)C)c1ccccc1. The van der Waals surface area contributed by atoms with E-state index in [1.165, 1.54) is 11.6 Å². The van der Waals surface area contributed by atoms with Crippen molar-refractivity contribution in [3.8, 4) is 0 Å². The second-order valence-electron chi connectivity index (χ2n) is 6.04. The summed E-state index contributed by atoms with van der Waals surface area (Å²) in [6.07, 6.45) is 1.07. The molecule has 0 aliphatic carbocycles. The van der Waals surface area contributed by atoms with E-state index in [0.29, 0.717) is 18.5 Å². The Bertz CT molecular complexity index is 563. The highest BCUT2D eigenvalue weighted by atomic mass is 19.1. The fourth-order valence-corrected chi connectivity index (χ4v) is 2.56. The summed E-state index contributed by atoms with van der Waals surface area (Å²) in [5.41, 5.74) is 3.44. The van der Waals surface area contributed by atoms with E-state index in [0.717, 1.165) is 17.5 Å². The molecular formula is C19H24FN. The zero-order valence-electron chi connectivity index (χ0n) is 13.1. The van der Waals surface area contributed by atoms with Crippen LogP contribution in [0.4, 0.5) is 4.39 Å². The number of hydrogen-bond donors (Lipinski definition) is 1. The van der Waals surface area contributed by atoms with E-state index in [1.807, 2.05) is 19.1 Å². The molecule has 0 aliphatic rings. The van der Waals surface area contributed by atoms with E-state index >= 15 is 0 Å². The van der Waals surface area contributed by atoms with Gasteiger partial charge >= 0.3 is 0 Å². The number of aryl methyl sites for hydroxylation is 1. The molecule has 0 saturated carbocycles. The molecule has 2 rings (SSSR count). The molecule has 0 fully saturated rings. The molecule has 0 bridgehead atoms.